The molecule has 0 aliphatic carbocycles. The van der Waals surface area contributed by atoms with Crippen LogP contribution in [0.1, 0.15) is 12.0 Å². The Morgan fingerprint density at radius 3 is 2.75 bits per heavy atom. The van der Waals surface area contributed by atoms with Gasteiger partial charge in [-0.15, -0.1) is 0 Å². The highest BCUT2D eigenvalue weighted by atomic mass is 35.5. The first kappa shape index (κ1) is 20.7. The van der Waals surface area contributed by atoms with E-state index in [-0.39, 0.29) is 5.91 Å². The molecule has 1 fully saturated rings. The van der Waals surface area contributed by atoms with Gasteiger partial charge in [-0.2, -0.15) is 0 Å². The predicted molar refractivity (Wildman–Crippen MR) is 105 cm³/mol. The van der Waals surface area contributed by atoms with Gasteiger partial charge in [-0.1, -0.05) is 11.6 Å². The van der Waals surface area contributed by atoms with Gasteiger partial charge in [0.1, 0.15) is 11.5 Å². The average Bonchev–Trinajstić information content (AvgIpc) is 3.22. The number of rotatable bonds is 8. The van der Waals surface area contributed by atoms with Gasteiger partial charge in [-0.3, -0.25) is 20.0 Å². The minimum atomic E-state index is -0.719. The number of nitrogens with one attached hydrogen (secondary N) is 2. The van der Waals surface area contributed by atoms with Crippen molar-refractivity contribution in [2.45, 2.75) is 12.5 Å². The van der Waals surface area contributed by atoms with Crippen LogP contribution in [-0.2, 0) is 14.4 Å². The molecule has 2 aliphatic rings. The number of carbonyl (C=O) groups excluding carboxylic acids is 1. The first-order valence-electron chi connectivity index (χ1n) is 9.25. The summed E-state index contributed by atoms with van der Waals surface area (Å²) in [6, 6.07) is 3.41. The lowest BCUT2D eigenvalue weighted by atomic mass is 10.1. The molecule has 1 aromatic carbocycles. The quantitative estimate of drug-likeness (QED) is 0.626. The number of benzene rings is 1. The first-order chi connectivity index (χ1) is 13.6. The van der Waals surface area contributed by atoms with Crippen LogP contribution in [0.3, 0.4) is 0 Å². The fraction of sp³-hybridized carbons (Fsp3) is 0.526. The molecule has 1 atom stereocenters. The van der Waals surface area contributed by atoms with E-state index in [1.54, 1.807) is 25.3 Å². The van der Waals surface area contributed by atoms with Crippen LogP contribution >= 0.6 is 11.6 Å². The summed E-state index contributed by atoms with van der Waals surface area (Å²) in [4.78, 5) is 20.1. The van der Waals surface area contributed by atoms with Crippen LogP contribution < -0.4 is 20.3 Å². The van der Waals surface area contributed by atoms with Gasteiger partial charge in [0, 0.05) is 31.3 Å². The SMILES string of the molecule is COc1cc(OC)c(C2=C[C@H](C(=O)NCCCN3CCOCC3)ON2)cc1Cl. The Hall–Kier alpha value is -2.00. The molecule has 1 amide bonds. The number of carbonyl (C=O) groups is 1. The molecule has 0 radical (unpaired) electrons. The minimum absolute atomic E-state index is 0.192. The lowest BCUT2D eigenvalue weighted by Gasteiger charge is -2.26. The normalized spacial score (nSPS) is 19.7. The molecule has 154 valence electrons. The third-order valence-corrected chi connectivity index (χ3v) is 4.99. The van der Waals surface area contributed by atoms with Gasteiger partial charge >= 0.3 is 0 Å². The van der Waals surface area contributed by atoms with E-state index >= 15 is 0 Å². The van der Waals surface area contributed by atoms with E-state index in [4.69, 9.17) is 30.6 Å². The molecule has 0 aromatic heterocycles. The zero-order valence-electron chi connectivity index (χ0n) is 16.1. The molecule has 8 nitrogen and oxygen atoms in total. The Morgan fingerprint density at radius 1 is 1.29 bits per heavy atom. The van der Waals surface area contributed by atoms with Crippen LogP contribution in [0.15, 0.2) is 18.2 Å². The molecule has 1 saturated heterocycles. The molecule has 28 heavy (non-hydrogen) atoms. The number of amides is 1. The zero-order chi connectivity index (χ0) is 19.9. The summed E-state index contributed by atoms with van der Waals surface area (Å²) in [7, 11) is 3.09. The number of halogens is 1. The van der Waals surface area contributed by atoms with E-state index in [2.05, 4.69) is 15.7 Å². The summed E-state index contributed by atoms with van der Waals surface area (Å²) in [5.74, 6) is 0.884. The molecule has 9 heteroatoms. The van der Waals surface area contributed by atoms with Crippen LogP contribution in [0.4, 0.5) is 0 Å². The fourth-order valence-electron chi connectivity index (χ4n) is 3.13. The van der Waals surface area contributed by atoms with Crippen molar-refractivity contribution in [1.29, 1.82) is 0 Å². The summed E-state index contributed by atoms with van der Waals surface area (Å²) in [6.45, 7) is 4.98. The van der Waals surface area contributed by atoms with Crippen LogP contribution in [0.2, 0.25) is 5.02 Å². The summed E-state index contributed by atoms with van der Waals surface area (Å²) >= 11 is 6.22. The van der Waals surface area contributed by atoms with E-state index in [0.717, 1.165) is 39.3 Å². The smallest absolute Gasteiger partial charge is 0.255 e. The number of nitrogens with zero attached hydrogens (tertiary/aromatic N) is 1. The number of hydrogen-bond donors (Lipinski definition) is 2. The van der Waals surface area contributed by atoms with Gasteiger partial charge in [0.15, 0.2) is 6.10 Å². The number of hydroxylamine groups is 1. The van der Waals surface area contributed by atoms with Crippen molar-refractivity contribution in [3.8, 4) is 11.5 Å². The van der Waals surface area contributed by atoms with E-state index in [9.17, 15) is 4.79 Å². The molecule has 0 bridgehead atoms. The van der Waals surface area contributed by atoms with Crippen molar-refractivity contribution in [2.75, 3.05) is 53.6 Å². The number of hydrogen-bond acceptors (Lipinski definition) is 7. The highest BCUT2D eigenvalue weighted by Crippen LogP contribution is 2.36. The third kappa shape index (κ3) is 5.08. The topological polar surface area (TPSA) is 81.3 Å². The lowest BCUT2D eigenvalue weighted by Crippen LogP contribution is -2.39. The molecular weight excluding hydrogens is 386 g/mol. The van der Waals surface area contributed by atoms with Crippen LogP contribution in [0, 0.1) is 0 Å². The van der Waals surface area contributed by atoms with Gasteiger partial charge < -0.3 is 19.5 Å². The molecule has 3 rings (SSSR count). The van der Waals surface area contributed by atoms with Crippen molar-refractivity contribution < 1.29 is 23.8 Å². The zero-order valence-corrected chi connectivity index (χ0v) is 16.9. The lowest BCUT2D eigenvalue weighted by molar-refractivity contribution is -0.131. The molecule has 0 unspecified atom stereocenters. The molecule has 0 saturated carbocycles. The maximum atomic E-state index is 12.4. The number of methoxy groups -OCH3 is 2. The molecule has 2 N–H and O–H groups in total. The van der Waals surface area contributed by atoms with Crippen molar-refractivity contribution in [3.63, 3.8) is 0 Å². The number of morpholine rings is 1. The van der Waals surface area contributed by atoms with Gasteiger partial charge in [0.05, 0.1) is 38.2 Å². The van der Waals surface area contributed by atoms with Crippen LogP contribution in [0.25, 0.3) is 5.70 Å². The summed E-state index contributed by atoms with van der Waals surface area (Å²) < 4.78 is 15.9. The van der Waals surface area contributed by atoms with Gasteiger partial charge in [0.25, 0.3) is 5.91 Å². The summed E-state index contributed by atoms with van der Waals surface area (Å²) in [5, 5.41) is 3.35. The second-order valence-electron chi connectivity index (χ2n) is 6.51. The Balaban J connectivity index is 1.54. The summed E-state index contributed by atoms with van der Waals surface area (Å²) in [5.41, 5.74) is 4.10. The van der Waals surface area contributed by atoms with Crippen molar-refractivity contribution >= 4 is 23.2 Å². The largest absolute Gasteiger partial charge is 0.496 e. The van der Waals surface area contributed by atoms with E-state index in [0.29, 0.717) is 34.3 Å². The summed E-state index contributed by atoms with van der Waals surface area (Å²) in [6.07, 6.45) is 1.87. The van der Waals surface area contributed by atoms with Gasteiger partial charge in [0.2, 0.25) is 0 Å². The molecule has 2 heterocycles. The van der Waals surface area contributed by atoms with E-state index < -0.39 is 6.10 Å². The molecular formula is C19H26ClN3O5. The Morgan fingerprint density at radius 2 is 2.04 bits per heavy atom. The molecule has 1 aromatic rings. The Bertz CT molecular complexity index is 722. The van der Waals surface area contributed by atoms with Crippen molar-refractivity contribution in [2.24, 2.45) is 0 Å². The fourth-order valence-corrected chi connectivity index (χ4v) is 3.37. The minimum Gasteiger partial charge on any atom is -0.496 e. The monoisotopic (exact) mass is 411 g/mol. The predicted octanol–water partition coefficient (Wildman–Crippen LogP) is 1.44. The molecule has 0 spiro atoms. The van der Waals surface area contributed by atoms with Gasteiger partial charge in [-0.05, 0) is 25.1 Å². The highest BCUT2D eigenvalue weighted by Gasteiger charge is 2.26. The van der Waals surface area contributed by atoms with Crippen LogP contribution in [0.5, 0.6) is 11.5 Å². The second-order valence-corrected chi connectivity index (χ2v) is 6.91. The number of ether oxygens (including phenoxy) is 3. The first-order valence-corrected chi connectivity index (χ1v) is 9.63. The van der Waals surface area contributed by atoms with Gasteiger partial charge in [-0.25, -0.2) is 0 Å². The maximum Gasteiger partial charge on any atom is 0.255 e. The maximum absolute atomic E-state index is 12.4. The Kier molecular flexibility index (Phi) is 7.38. The standard InChI is InChI=1S/C19H26ClN3O5/c1-25-16-12-17(26-2)14(20)10-13(16)15-11-18(28-22-15)19(24)21-4-3-5-23-6-8-27-9-7-23/h10-12,18,22H,3-9H2,1-2H3,(H,21,24)/t18-/m1/s1. The van der Waals surface area contributed by atoms with E-state index in [1.807, 2.05) is 0 Å². The second kappa shape index (κ2) is 9.97. The van der Waals surface area contributed by atoms with E-state index in [1.165, 1.54) is 7.11 Å². The van der Waals surface area contributed by atoms with Crippen LogP contribution in [-0.4, -0.2) is 70.5 Å². The van der Waals surface area contributed by atoms with Crippen molar-refractivity contribution in [1.82, 2.24) is 15.7 Å². The van der Waals surface area contributed by atoms with Crippen molar-refractivity contribution in [3.05, 3.63) is 28.8 Å². The molecule has 2 aliphatic heterocycles. The third-order valence-electron chi connectivity index (χ3n) is 4.69. The highest BCUT2D eigenvalue weighted by molar-refractivity contribution is 6.32. The Labute approximate surface area is 169 Å². The average molecular weight is 412 g/mol.